The number of ether oxygens (including phenoxy) is 1. The normalized spacial score (nSPS) is 16.5. The summed E-state index contributed by atoms with van der Waals surface area (Å²) in [5.74, 6) is 0.582. The molecule has 1 aliphatic rings. The topological polar surface area (TPSA) is 54.5 Å². The number of likely N-dealkylation sites (tertiary alicyclic amines) is 1. The lowest BCUT2D eigenvalue weighted by atomic mass is 9.97. The molecule has 0 spiro atoms. The van der Waals surface area contributed by atoms with Gasteiger partial charge in [0.1, 0.15) is 5.60 Å². The molecule has 0 atom stereocenters. The molecule has 0 aromatic carbocycles. The molecule has 2 rings (SSSR count). The molecule has 1 N–H and O–H groups in total. The van der Waals surface area contributed by atoms with Crippen molar-refractivity contribution in [2.45, 2.75) is 46.1 Å². The lowest BCUT2D eigenvalue weighted by Gasteiger charge is -2.33. The van der Waals surface area contributed by atoms with Gasteiger partial charge in [-0.1, -0.05) is 0 Å². The number of carbonyl (C=O) groups excluding carboxylic acids is 1. The lowest BCUT2D eigenvalue weighted by Crippen LogP contribution is -2.42. The van der Waals surface area contributed by atoms with Gasteiger partial charge in [-0.25, -0.2) is 4.79 Å². The van der Waals surface area contributed by atoms with Crippen LogP contribution in [0.1, 0.15) is 39.3 Å². The third-order valence-electron chi connectivity index (χ3n) is 3.85. The second-order valence-electron chi connectivity index (χ2n) is 6.93. The minimum atomic E-state index is -0.423. The van der Waals surface area contributed by atoms with Crippen LogP contribution in [0.15, 0.2) is 18.3 Å². The van der Waals surface area contributed by atoms with Crippen LogP contribution in [0.25, 0.3) is 0 Å². The summed E-state index contributed by atoms with van der Waals surface area (Å²) in [6, 6.07) is 4.00. The van der Waals surface area contributed by atoms with Crippen molar-refractivity contribution >= 4 is 11.8 Å². The van der Waals surface area contributed by atoms with Crippen molar-refractivity contribution in [2.75, 3.05) is 25.0 Å². The number of pyridine rings is 1. The number of carbonyl (C=O) groups is 1. The summed E-state index contributed by atoms with van der Waals surface area (Å²) in [7, 11) is 0. The standard InChI is InChI=1S/C17H27N3O2/c1-13-15(6-5-9-18-13)19-12-14-7-10-20(11-8-14)16(21)22-17(2,3)4/h5-6,9,14,19H,7-8,10-12H2,1-4H3. The van der Waals surface area contributed by atoms with Crippen molar-refractivity contribution < 1.29 is 9.53 Å². The summed E-state index contributed by atoms with van der Waals surface area (Å²) in [5.41, 5.74) is 1.69. The van der Waals surface area contributed by atoms with Gasteiger partial charge >= 0.3 is 6.09 Å². The summed E-state index contributed by atoms with van der Waals surface area (Å²) >= 11 is 0. The molecule has 0 bridgehead atoms. The van der Waals surface area contributed by atoms with E-state index in [9.17, 15) is 4.79 Å². The number of rotatable bonds is 3. The smallest absolute Gasteiger partial charge is 0.410 e. The zero-order chi connectivity index (χ0) is 16.2. The van der Waals surface area contributed by atoms with Gasteiger partial charge in [0.2, 0.25) is 0 Å². The van der Waals surface area contributed by atoms with Crippen LogP contribution in [0.2, 0.25) is 0 Å². The van der Waals surface area contributed by atoms with Crippen molar-refractivity contribution in [1.29, 1.82) is 0 Å². The number of hydrogen-bond acceptors (Lipinski definition) is 4. The molecule has 0 aliphatic carbocycles. The Morgan fingerprint density at radius 2 is 2.09 bits per heavy atom. The Morgan fingerprint density at radius 3 is 2.68 bits per heavy atom. The van der Waals surface area contributed by atoms with Crippen molar-refractivity contribution in [3.8, 4) is 0 Å². The van der Waals surface area contributed by atoms with Crippen molar-refractivity contribution in [1.82, 2.24) is 9.88 Å². The molecule has 122 valence electrons. The van der Waals surface area contributed by atoms with Gasteiger partial charge in [-0.05, 0) is 58.6 Å². The SMILES string of the molecule is Cc1ncccc1NCC1CCN(C(=O)OC(C)(C)C)CC1. The van der Waals surface area contributed by atoms with E-state index in [-0.39, 0.29) is 6.09 Å². The Hall–Kier alpha value is -1.78. The quantitative estimate of drug-likeness (QED) is 0.929. The fourth-order valence-corrected chi connectivity index (χ4v) is 2.57. The number of aromatic nitrogens is 1. The molecule has 1 aromatic heterocycles. The molecule has 5 heteroatoms. The number of nitrogens with zero attached hydrogens (tertiary/aromatic N) is 2. The van der Waals surface area contributed by atoms with E-state index in [1.807, 2.05) is 38.7 Å². The van der Waals surface area contributed by atoms with E-state index in [0.29, 0.717) is 5.92 Å². The maximum absolute atomic E-state index is 12.0. The van der Waals surface area contributed by atoms with Gasteiger partial charge in [0, 0.05) is 25.8 Å². The van der Waals surface area contributed by atoms with Crippen molar-refractivity contribution in [3.05, 3.63) is 24.0 Å². The Bertz CT molecular complexity index is 503. The first kappa shape index (κ1) is 16.6. The van der Waals surface area contributed by atoms with Crippen LogP contribution in [0.5, 0.6) is 0 Å². The highest BCUT2D eigenvalue weighted by molar-refractivity contribution is 5.68. The summed E-state index contributed by atoms with van der Waals surface area (Å²) in [5, 5.41) is 3.47. The average Bonchev–Trinajstić information content (AvgIpc) is 2.45. The fraction of sp³-hybridized carbons (Fsp3) is 0.647. The van der Waals surface area contributed by atoms with E-state index >= 15 is 0 Å². The van der Waals surface area contributed by atoms with Crippen LogP contribution in [0.3, 0.4) is 0 Å². The Kier molecular flexibility index (Phi) is 5.27. The van der Waals surface area contributed by atoms with Crippen molar-refractivity contribution in [2.24, 2.45) is 5.92 Å². The molecule has 1 fully saturated rings. The fourth-order valence-electron chi connectivity index (χ4n) is 2.57. The van der Waals surface area contributed by atoms with Gasteiger partial charge in [0.05, 0.1) is 11.4 Å². The second-order valence-corrected chi connectivity index (χ2v) is 6.93. The highest BCUT2D eigenvalue weighted by Crippen LogP contribution is 2.21. The van der Waals surface area contributed by atoms with Gasteiger partial charge in [0.15, 0.2) is 0 Å². The van der Waals surface area contributed by atoms with Gasteiger partial charge in [-0.2, -0.15) is 0 Å². The van der Waals surface area contributed by atoms with Crippen LogP contribution < -0.4 is 5.32 Å². The molecule has 1 saturated heterocycles. The average molecular weight is 305 g/mol. The minimum absolute atomic E-state index is 0.193. The number of hydrogen-bond donors (Lipinski definition) is 1. The molecular formula is C17H27N3O2. The summed E-state index contributed by atoms with van der Waals surface area (Å²) in [4.78, 5) is 18.1. The predicted molar refractivity (Wildman–Crippen MR) is 88.0 cm³/mol. The largest absolute Gasteiger partial charge is 0.444 e. The van der Waals surface area contributed by atoms with Crippen LogP contribution in [-0.2, 0) is 4.74 Å². The molecule has 1 aromatic rings. The highest BCUT2D eigenvalue weighted by atomic mass is 16.6. The molecule has 22 heavy (non-hydrogen) atoms. The van der Waals surface area contributed by atoms with E-state index < -0.39 is 5.60 Å². The van der Waals surface area contributed by atoms with Gasteiger partial charge < -0.3 is 15.0 Å². The van der Waals surface area contributed by atoms with E-state index in [4.69, 9.17) is 4.74 Å². The maximum Gasteiger partial charge on any atom is 0.410 e. The van der Waals surface area contributed by atoms with Crippen LogP contribution in [0.4, 0.5) is 10.5 Å². The van der Waals surface area contributed by atoms with Crippen molar-refractivity contribution in [3.63, 3.8) is 0 Å². The van der Waals surface area contributed by atoms with E-state index in [2.05, 4.69) is 16.4 Å². The van der Waals surface area contributed by atoms with E-state index in [1.54, 1.807) is 6.20 Å². The monoisotopic (exact) mass is 305 g/mol. The van der Waals surface area contributed by atoms with Crippen LogP contribution >= 0.6 is 0 Å². The maximum atomic E-state index is 12.0. The molecule has 2 heterocycles. The third-order valence-corrected chi connectivity index (χ3v) is 3.85. The zero-order valence-electron chi connectivity index (χ0n) is 14.1. The van der Waals surface area contributed by atoms with Gasteiger partial charge in [-0.15, -0.1) is 0 Å². The molecule has 1 amide bonds. The zero-order valence-corrected chi connectivity index (χ0v) is 14.1. The third kappa shape index (κ3) is 4.90. The lowest BCUT2D eigenvalue weighted by molar-refractivity contribution is 0.0188. The first-order valence-corrected chi connectivity index (χ1v) is 7.98. The van der Waals surface area contributed by atoms with Gasteiger partial charge in [0.25, 0.3) is 0 Å². The number of amides is 1. The number of nitrogens with one attached hydrogen (secondary N) is 1. The first-order chi connectivity index (χ1) is 10.3. The molecule has 0 saturated carbocycles. The summed E-state index contributed by atoms with van der Waals surface area (Å²) in [6.45, 7) is 10.2. The van der Waals surface area contributed by atoms with Gasteiger partial charge in [-0.3, -0.25) is 4.98 Å². The predicted octanol–water partition coefficient (Wildman–Crippen LogP) is 3.45. The number of anilines is 1. The second kappa shape index (κ2) is 6.99. The summed E-state index contributed by atoms with van der Waals surface area (Å²) < 4.78 is 5.42. The molecule has 0 radical (unpaired) electrons. The molecule has 1 aliphatic heterocycles. The molecule has 5 nitrogen and oxygen atoms in total. The molecule has 0 unspecified atom stereocenters. The highest BCUT2D eigenvalue weighted by Gasteiger charge is 2.26. The number of piperidine rings is 1. The first-order valence-electron chi connectivity index (χ1n) is 7.98. The minimum Gasteiger partial charge on any atom is -0.444 e. The van der Waals surface area contributed by atoms with E-state index in [0.717, 1.165) is 43.9 Å². The molecular weight excluding hydrogens is 278 g/mol. The Labute approximate surface area is 133 Å². The van der Waals surface area contributed by atoms with E-state index in [1.165, 1.54) is 0 Å². The summed E-state index contributed by atoms with van der Waals surface area (Å²) in [6.07, 6.45) is 3.62. The van der Waals surface area contributed by atoms with Crippen LogP contribution in [0, 0.1) is 12.8 Å². The number of aryl methyl sites for hydroxylation is 1. The Balaban J connectivity index is 1.76. The van der Waals surface area contributed by atoms with Crippen LogP contribution in [-0.4, -0.2) is 41.2 Å². The Morgan fingerprint density at radius 1 is 1.41 bits per heavy atom.